The Morgan fingerprint density at radius 2 is 1.76 bits per heavy atom. The third-order valence-electron chi connectivity index (χ3n) is 4.99. The van der Waals surface area contributed by atoms with E-state index in [1.54, 1.807) is 0 Å². The van der Waals surface area contributed by atoms with Gasteiger partial charge >= 0.3 is 6.03 Å². The normalized spacial score (nSPS) is 16.1. The average Bonchev–Trinajstić information content (AvgIpc) is 2.91. The molecule has 1 saturated heterocycles. The number of hydrogen-bond acceptors (Lipinski definition) is 3. The molecule has 2 aromatic carbocycles. The van der Waals surface area contributed by atoms with Crippen molar-refractivity contribution in [3.8, 4) is 0 Å². The molecule has 0 saturated carbocycles. The van der Waals surface area contributed by atoms with Crippen molar-refractivity contribution >= 4 is 63.7 Å². The Bertz CT molecular complexity index is 1240. The Kier molecular flexibility index (Phi) is 4.68. The summed E-state index contributed by atoms with van der Waals surface area (Å²) < 4.78 is 1.98. The lowest BCUT2D eigenvalue weighted by Crippen LogP contribution is -2.54. The number of anilines is 1. The molecule has 29 heavy (non-hydrogen) atoms. The number of carbonyl (C=O) groups excluding carboxylic acids is 3. The number of aryl methyl sites for hydroxylation is 1. The molecule has 1 aliphatic heterocycles. The van der Waals surface area contributed by atoms with Crippen LogP contribution in [-0.4, -0.2) is 22.4 Å². The number of nitrogens with zero attached hydrogens (tertiary/aromatic N) is 2. The Hall–Kier alpha value is -3.09. The fraction of sp³-hybridized carbons (Fsp3) is 0.0952. The first-order chi connectivity index (χ1) is 13.8. The molecule has 1 N–H and O–H groups in total. The number of fused-ring (bicyclic) bond motifs is 1. The summed E-state index contributed by atoms with van der Waals surface area (Å²) in [6, 6.07) is 11.2. The van der Waals surface area contributed by atoms with Crippen LogP contribution in [-0.2, 0) is 16.6 Å². The SMILES string of the molecule is Cc1c(/C=C2/C(=O)NC(=O)N(c3ccc(Cl)cc3Cl)C2=O)c2ccccc2n1C. The molecule has 146 valence electrons. The number of amides is 4. The van der Waals surface area contributed by atoms with E-state index >= 15 is 0 Å². The largest absolute Gasteiger partial charge is 0.347 e. The van der Waals surface area contributed by atoms with Crippen LogP contribution in [0.5, 0.6) is 0 Å². The molecule has 1 aromatic heterocycles. The molecular formula is C21H15Cl2N3O3. The van der Waals surface area contributed by atoms with E-state index in [0.29, 0.717) is 5.02 Å². The third-order valence-corrected chi connectivity index (χ3v) is 5.53. The molecule has 3 aromatic rings. The first-order valence-electron chi connectivity index (χ1n) is 8.70. The first-order valence-corrected chi connectivity index (χ1v) is 9.45. The van der Waals surface area contributed by atoms with Crippen LogP contribution in [0.2, 0.25) is 10.0 Å². The summed E-state index contributed by atoms with van der Waals surface area (Å²) in [5.41, 5.74) is 2.57. The zero-order chi connectivity index (χ0) is 20.9. The molecule has 1 aliphatic rings. The number of carbonyl (C=O) groups is 3. The van der Waals surface area contributed by atoms with Gasteiger partial charge in [0.15, 0.2) is 0 Å². The minimum absolute atomic E-state index is 0.121. The van der Waals surface area contributed by atoms with Gasteiger partial charge in [-0.1, -0.05) is 41.4 Å². The van der Waals surface area contributed by atoms with Gasteiger partial charge in [-0.25, -0.2) is 9.69 Å². The van der Waals surface area contributed by atoms with E-state index in [2.05, 4.69) is 5.32 Å². The van der Waals surface area contributed by atoms with Crippen molar-refractivity contribution in [2.45, 2.75) is 6.92 Å². The minimum atomic E-state index is -0.865. The predicted molar refractivity (Wildman–Crippen MR) is 113 cm³/mol. The van der Waals surface area contributed by atoms with E-state index in [1.165, 1.54) is 24.3 Å². The van der Waals surface area contributed by atoms with Crippen LogP contribution < -0.4 is 10.2 Å². The Morgan fingerprint density at radius 3 is 2.48 bits per heavy atom. The van der Waals surface area contributed by atoms with Gasteiger partial charge in [0, 0.05) is 34.2 Å². The number of barbiturate groups is 1. The van der Waals surface area contributed by atoms with Crippen LogP contribution in [0.3, 0.4) is 0 Å². The van der Waals surface area contributed by atoms with E-state index in [1.807, 2.05) is 42.8 Å². The fourth-order valence-electron chi connectivity index (χ4n) is 3.42. The van der Waals surface area contributed by atoms with Crippen LogP contribution in [0, 0.1) is 6.92 Å². The smallest absolute Gasteiger partial charge is 0.335 e. The van der Waals surface area contributed by atoms with E-state index < -0.39 is 17.8 Å². The number of para-hydroxylation sites is 1. The molecule has 0 spiro atoms. The fourth-order valence-corrected chi connectivity index (χ4v) is 3.91. The first kappa shape index (κ1) is 19.2. The second-order valence-corrected chi connectivity index (χ2v) is 7.47. The van der Waals surface area contributed by atoms with Gasteiger partial charge in [0.05, 0.1) is 10.7 Å². The number of hydrogen-bond donors (Lipinski definition) is 1. The van der Waals surface area contributed by atoms with E-state index in [-0.39, 0.29) is 16.3 Å². The van der Waals surface area contributed by atoms with E-state index in [9.17, 15) is 14.4 Å². The van der Waals surface area contributed by atoms with Gasteiger partial charge in [0.25, 0.3) is 11.8 Å². The highest BCUT2D eigenvalue weighted by Gasteiger charge is 2.38. The maximum absolute atomic E-state index is 13.1. The van der Waals surface area contributed by atoms with Gasteiger partial charge in [0.2, 0.25) is 0 Å². The molecule has 4 amide bonds. The Labute approximate surface area is 176 Å². The van der Waals surface area contributed by atoms with E-state index in [0.717, 1.165) is 27.1 Å². The quantitative estimate of drug-likeness (QED) is 0.484. The molecular weight excluding hydrogens is 413 g/mol. The van der Waals surface area contributed by atoms with Crippen LogP contribution >= 0.6 is 23.2 Å². The van der Waals surface area contributed by atoms with Gasteiger partial charge in [-0.3, -0.25) is 14.9 Å². The number of nitrogens with one attached hydrogen (secondary N) is 1. The maximum Gasteiger partial charge on any atom is 0.335 e. The van der Waals surface area contributed by atoms with E-state index in [4.69, 9.17) is 23.2 Å². The molecule has 4 rings (SSSR count). The Balaban J connectivity index is 1.86. The van der Waals surface area contributed by atoms with Crippen molar-refractivity contribution in [1.82, 2.24) is 9.88 Å². The lowest BCUT2D eigenvalue weighted by Gasteiger charge is -2.27. The molecule has 6 nitrogen and oxygen atoms in total. The van der Waals surface area contributed by atoms with Crippen molar-refractivity contribution in [1.29, 1.82) is 0 Å². The van der Waals surface area contributed by atoms with Gasteiger partial charge in [0.1, 0.15) is 5.57 Å². The van der Waals surface area contributed by atoms with Crippen molar-refractivity contribution in [3.05, 3.63) is 69.3 Å². The summed E-state index contributed by atoms with van der Waals surface area (Å²) >= 11 is 12.1. The summed E-state index contributed by atoms with van der Waals surface area (Å²) in [5.74, 6) is -1.51. The van der Waals surface area contributed by atoms with Crippen LogP contribution in [0.1, 0.15) is 11.3 Å². The molecule has 2 heterocycles. The zero-order valence-corrected chi connectivity index (χ0v) is 17.0. The minimum Gasteiger partial charge on any atom is -0.347 e. The van der Waals surface area contributed by atoms with Gasteiger partial charge < -0.3 is 4.57 Å². The number of urea groups is 1. The third kappa shape index (κ3) is 3.10. The second kappa shape index (κ2) is 7.06. The molecule has 0 atom stereocenters. The Morgan fingerprint density at radius 1 is 1.03 bits per heavy atom. The molecule has 0 aliphatic carbocycles. The van der Waals surface area contributed by atoms with Crippen molar-refractivity contribution in [3.63, 3.8) is 0 Å². The van der Waals surface area contributed by atoms with Crippen molar-refractivity contribution in [2.75, 3.05) is 4.90 Å². The van der Waals surface area contributed by atoms with Crippen molar-refractivity contribution in [2.24, 2.45) is 7.05 Å². The number of benzene rings is 2. The molecule has 8 heteroatoms. The van der Waals surface area contributed by atoms with Crippen molar-refractivity contribution < 1.29 is 14.4 Å². The van der Waals surface area contributed by atoms with Gasteiger partial charge in [-0.2, -0.15) is 0 Å². The average molecular weight is 428 g/mol. The van der Waals surface area contributed by atoms with Gasteiger partial charge in [-0.15, -0.1) is 0 Å². The number of imide groups is 2. The number of aromatic nitrogens is 1. The number of rotatable bonds is 2. The highest BCUT2D eigenvalue weighted by Crippen LogP contribution is 2.32. The van der Waals surface area contributed by atoms with Gasteiger partial charge in [-0.05, 0) is 37.3 Å². The number of halogens is 2. The second-order valence-electron chi connectivity index (χ2n) is 6.63. The summed E-state index contributed by atoms with van der Waals surface area (Å²) in [6.07, 6.45) is 1.51. The summed E-state index contributed by atoms with van der Waals surface area (Å²) in [7, 11) is 1.91. The standard InChI is InChI=1S/C21H15Cl2N3O3/c1-11-14(13-5-3-4-6-17(13)25(11)2)10-15-19(27)24-21(29)26(20(15)28)18-8-7-12(22)9-16(18)23/h3-10H,1-2H3,(H,24,27,29)/b15-10-. The van der Waals surface area contributed by atoms with Crippen LogP contribution in [0.25, 0.3) is 17.0 Å². The summed E-state index contributed by atoms with van der Waals surface area (Å²) in [6.45, 7) is 1.90. The highest BCUT2D eigenvalue weighted by atomic mass is 35.5. The highest BCUT2D eigenvalue weighted by molar-refractivity contribution is 6.43. The molecule has 0 unspecified atom stereocenters. The van der Waals surface area contributed by atoms with Crippen LogP contribution in [0.15, 0.2) is 48.0 Å². The topological polar surface area (TPSA) is 71.4 Å². The zero-order valence-electron chi connectivity index (χ0n) is 15.5. The lowest BCUT2D eigenvalue weighted by atomic mass is 10.0. The maximum atomic E-state index is 13.1. The monoisotopic (exact) mass is 427 g/mol. The molecule has 0 radical (unpaired) electrons. The predicted octanol–water partition coefficient (Wildman–Crippen LogP) is 4.46. The molecule has 1 fully saturated rings. The molecule has 0 bridgehead atoms. The summed E-state index contributed by atoms with van der Waals surface area (Å²) in [4.78, 5) is 38.8. The lowest BCUT2D eigenvalue weighted by molar-refractivity contribution is -0.122. The summed E-state index contributed by atoms with van der Waals surface area (Å²) in [5, 5.41) is 3.59. The van der Waals surface area contributed by atoms with Crippen LogP contribution in [0.4, 0.5) is 10.5 Å².